The number of benzene rings is 1. The Kier molecular flexibility index (Phi) is 7.26. The Morgan fingerprint density at radius 1 is 1.16 bits per heavy atom. The molecule has 0 bridgehead atoms. The van der Waals surface area contributed by atoms with E-state index < -0.39 is 5.91 Å². The highest BCUT2D eigenvalue weighted by Crippen LogP contribution is 2.35. The molecule has 37 heavy (non-hydrogen) atoms. The second kappa shape index (κ2) is 10.8. The third-order valence-corrected chi connectivity index (χ3v) is 7.39. The van der Waals surface area contributed by atoms with Gasteiger partial charge in [-0.25, -0.2) is 25.4 Å². The van der Waals surface area contributed by atoms with Gasteiger partial charge in [0.05, 0.1) is 35.5 Å². The van der Waals surface area contributed by atoms with E-state index in [1.165, 1.54) is 18.0 Å². The molecule has 5 rings (SSSR count). The van der Waals surface area contributed by atoms with Crippen LogP contribution in [0.2, 0.25) is 0 Å². The largest absolute Gasteiger partial charge is 0.378 e. The highest BCUT2D eigenvalue weighted by atomic mass is 32.1. The van der Waals surface area contributed by atoms with Gasteiger partial charge < -0.3 is 14.5 Å². The summed E-state index contributed by atoms with van der Waals surface area (Å²) in [6.45, 7) is 7.85. The third kappa shape index (κ3) is 5.38. The molecular weight excluding hydrogens is 490 g/mol. The van der Waals surface area contributed by atoms with Gasteiger partial charge in [-0.05, 0) is 17.5 Å². The van der Waals surface area contributed by atoms with Crippen molar-refractivity contribution in [2.75, 3.05) is 43.2 Å². The highest BCUT2D eigenvalue weighted by molar-refractivity contribution is 7.19. The van der Waals surface area contributed by atoms with Gasteiger partial charge in [0.25, 0.3) is 5.91 Å². The number of anilines is 2. The quantitative estimate of drug-likeness (QED) is 0.277. The summed E-state index contributed by atoms with van der Waals surface area (Å²) in [5, 5.41) is 8.79. The zero-order valence-electron chi connectivity index (χ0n) is 21.0. The molecule has 2 N–H and O–H groups in total. The molecule has 4 heterocycles. The Balaban J connectivity index is 1.47. The lowest BCUT2D eigenvalue weighted by Crippen LogP contribution is -2.36. The average Bonchev–Trinajstić information content (AvgIpc) is 3.35. The smallest absolute Gasteiger partial charge is 0.277 e. The normalized spacial score (nSPS) is 13.8. The van der Waals surface area contributed by atoms with Gasteiger partial charge in [0.1, 0.15) is 0 Å². The molecule has 0 atom stereocenters. The first kappa shape index (κ1) is 25.0. The minimum absolute atomic E-state index is 0.181. The lowest BCUT2D eigenvalue weighted by atomic mass is 10.0. The number of carbonyl (C=O) groups is 1. The molecule has 3 aromatic heterocycles. The van der Waals surface area contributed by atoms with Crippen LogP contribution in [0.25, 0.3) is 21.6 Å². The molecule has 1 aliphatic heterocycles. The Hall–Kier alpha value is -3.67. The van der Waals surface area contributed by atoms with Gasteiger partial charge in [0, 0.05) is 43.0 Å². The fourth-order valence-corrected chi connectivity index (χ4v) is 5.35. The number of nitrogens with zero attached hydrogens (tertiary/aromatic N) is 6. The van der Waals surface area contributed by atoms with Crippen molar-refractivity contribution in [3.05, 3.63) is 58.7 Å². The molecule has 0 aliphatic carbocycles. The van der Waals surface area contributed by atoms with Crippen LogP contribution >= 0.6 is 11.3 Å². The summed E-state index contributed by atoms with van der Waals surface area (Å²) < 4.78 is 6.62. The third-order valence-electron chi connectivity index (χ3n) is 6.29. The maximum absolute atomic E-state index is 11.5. The summed E-state index contributed by atoms with van der Waals surface area (Å²) in [6, 6.07) is 10.6. The minimum Gasteiger partial charge on any atom is -0.378 e. The number of nitrogens with one attached hydrogen (secondary N) is 1. The number of morpholine rings is 1. The van der Waals surface area contributed by atoms with Crippen LogP contribution in [0, 0.1) is 0 Å². The van der Waals surface area contributed by atoms with Gasteiger partial charge in [-0.15, -0.1) is 11.3 Å². The lowest BCUT2D eigenvalue weighted by molar-refractivity contribution is 0.0705. The van der Waals surface area contributed by atoms with Gasteiger partial charge in [-0.2, -0.15) is 0 Å². The number of rotatable bonds is 7. The maximum atomic E-state index is 11.5. The zero-order valence-corrected chi connectivity index (χ0v) is 21.8. The van der Waals surface area contributed by atoms with E-state index in [1.807, 2.05) is 11.9 Å². The van der Waals surface area contributed by atoms with E-state index in [2.05, 4.69) is 59.0 Å². The summed E-state index contributed by atoms with van der Waals surface area (Å²) in [5.41, 5.74) is 4.95. The predicted octanol–water partition coefficient (Wildman–Crippen LogP) is 3.86. The van der Waals surface area contributed by atoms with Crippen LogP contribution < -0.4 is 15.3 Å². The molecule has 11 heteroatoms. The van der Waals surface area contributed by atoms with Crippen LogP contribution in [0.3, 0.4) is 0 Å². The van der Waals surface area contributed by atoms with Crippen molar-refractivity contribution in [2.45, 2.75) is 26.3 Å². The number of hydrogen-bond acceptors (Lipinski definition) is 10. The molecule has 0 radical (unpaired) electrons. The fraction of sp³-hybridized carbons (Fsp3) is 0.346. The van der Waals surface area contributed by atoms with E-state index in [4.69, 9.17) is 19.9 Å². The Bertz CT molecular complexity index is 1380. The van der Waals surface area contributed by atoms with Gasteiger partial charge >= 0.3 is 0 Å². The van der Waals surface area contributed by atoms with E-state index in [-0.39, 0.29) is 5.56 Å². The first-order valence-electron chi connectivity index (χ1n) is 12.1. The molecule has 0 saturated carbocycles. The number of carbonyl (C=O) groups excluding carboxylic acids is 1. The van der Waals surface area contributed by atoms with Crippen molar-refractivity contribution in [3.8, 4) is 11.4 Å². The Morgan fingerprint density at radius 2 is 1.86 bits per heavy atom. The van der Waals surface area contributed by atoms with Gasteiger partial charge in [0.2, 0.25) is 5.95 Å². The van der Waals surface area contributed by atoms with Crippen LogP contribution in [-0.2, 0) is 11.3 Å². The first-order valence-corrected chi connectivity index (χ1v) is 13.0. The van der Waals surface area contributed by atoms with Crippen molar-refractivity contribution >= 4 is 39.2 Å². The molecule has 1 aliphatic rings. The van der Waals surface area contributed by atoms with Gasteiger partial charge in [0.15, 0.2) is 11.6 Å². The van der Waals surface area contributed by atoms with E-state index in [9.17, 15) is 4.79 Å². The maximum Gasteiger partial charge on any atom is 0.277 e. The molecule has 4 aromatic rings. The lowest BCUT2D eigenvalue weighted by Gasteiger charge is -2.28. The number of hydroxylamine groups is 1. The fourth-order valence-electron chi connectivity index (χ4n) is 4.18. The van der Waals surface area contributed by atoms with E-state index in [0.29, 0.717) is 37.4 Å². The average molecular weight is 520 g/mol. The molecule has 1 amide bonds. The van der Waals surface area contributed by atoms with Gasteiger partial charge in [-0.3, -0.25) is 10.0 Å². The van der Waals surface area contributed by atoms with Crippen LogP contribution in [0.15, 0.2) is 42.7 Å². The molecule has 1 fully saturated rings. The van der Waals surface area contributed by atoms with Crippen molar-refractivity contribution < 1.29 is 14.7 Å². The predicted molar refractivity (Wildman–Crippen MR) is 143 cm³/mol. The Labute approximate surface area is 218 Å². The molecule has 192 valence electrons. The van der Waals surface area contributed by atoms with E-state index >= 15 is 0 Å². The first-order chi connectivity index (χ1) is 17.9. The summed E-state index contributed by atoms with van der Waals surface area (Å²) in [6.07, 6.45) is 2.77. The standard InChI is InChI=1S/C26H29N7O3S/c1-16(2)17-4-6-18(7-5-17)23-29-21-12-20(37-22(21)24(30-23)33-8-10-36-11-9-33)15-32(3)26-27-13-19(14-28-26)25(34)31-35/h4-7,12-14,16,35H,8-11,15H2,1-3H3,(H,31,34). The van der Waals surface area contributed by atoms with Crippen molar-refractivity contribution in [1.29, 1.82) is 0 Å². The number of fused-ring (bicyclic) bond motifs is 1. The number of thiophene rings is 1. The summed E-state index contributed by atoms with van der Waals surface area (Å²) in [4.78, 5) is 35.3. The highest BCUT2D eigenvalue weighted by Gasteiger charge is 2.21. The monoisotopic (exact) mass is 519 g/mol. The van der Waals surface area contributed by atoms with Gasteiger partial charge in [-0.1, -0.05) is 38.1 Å². The van der Waals surface area contributed by atoms with E-state index in [0.717, 1.165) is 39.6 Å². The van der Waals surface area contributed by atoms with Crippen molar-refractivity contribution in [3.63, 3.8) is 0 Å². The zero-order chi connectivity index (χ0) is 25.9. The number of ether oxygens (including phenoxy) is 1. The Morgan fingerprint density at radius 3 is 2.51 bits per heavy atom. The molecule has 10 nitrogen and oxygen atoms in total. The summed E-state index contributed by atoms with van der Waals surface area (Å²) in [7, 11) is 1.89. The van der Waals surface area contributed by atoms with Crippen LogP contribution in [-0.4, -0.2) is 64.4 Å². The van der Waals surface area contributed by atoms with Crippen molar-refractivity contribution in [1.82, 2.24) is 25.4 Å². The van der Waals surface area contributed by atoms with Crippen LogP contribution in [0.5, 0.6) is 0 Å². The number of aromatic nitrogens is 4. The molecular formula is C26H29N7O3S. The summed E-state index contributed by atoms with van der Waals surface area (Å²) in [5.74, 6) is 1.93. The summed E-state index contributed by atoms with van der Waals surface area (Å²) >= 11 is 1.66. The molecule has 1 aromatic carbocycles. The SMILES string of the molecule is CC(C)c1ccc(-c2nc(N3CCOCC3)c3sc(CN(C)c4ncc(C(=O)NO)cn4)cc3n2)cc1. The topological polar surface area (TPSA) is 117 Å². The van der Waals surface area contributed by atoms with Crippen molar-refractivity contribution in [2.24, 2.45) is 0 Å². The molecule has 1 saturated heterocycles. The molecule has 0 unspecified atom stereocenters. The minimum atomic E-state index is -0.650. The number of amides is 1. The number of hydrogen-bond donors (Lipinski definition) is 2. The molecule has 0 spiro atoms. The van der Waals surface area contributed by atoms with E-state index in [1.54, 1.807) is 16.8 Å². The second-order valence-corrected chi connectivity index (χ2v) is 10.4. The van der Waals surface area contributed by atoms with Crippen LogP contribution in [0.1, 0.15) is 40.6 Å². The van der Waals surface area contributed by atoms with Crippen LogP contribution in [0.4, 0.5) is 11.8 Å². The second-order valence-electron chi connectivity index (χ2n) is 9.24.